The van der Waals surface area contributed by atoms with Crippen LogP contribution in [0.2, 0.25) is 0 Å². The van der Waals surface area contributed by atoms with E-state index in [1.54, 1.807) is 0 Å². The Morgan fingerprint density at radius 1 is 1.20 bits per heavy atom. The van der Waals surface area contributed by atoms with Gasteiger partial charge in [-0.15, -0.1) is 0 Å². The van der Waals surface area contributed by atoms with Crippen LogP contribution in [0.4, 0.5) is 0 Å². The van der Waals surface area contributed by atoms with Crippen LogP contribution in [0, 0.1) is 5.41 Å². The normalized spacial score (nSPS) is 21.4. The summed E-state index contributed by atoms with van der Waals surface area (Å²) in [6.07, 6.45) is 4.08. The fourth-order valence-corrected chi connectivity index (χ4v) is 2.56. The number of hydrogen-bond acceptors (Lipinski definition) is 4. The molecule has 0 aromatic carbocycles. The third-order valence-corrected chi connectivity index (χ3v) is 4.18. The second kappa shape index (κ2) is 7.04. The molecule has 0 atom stereocenters. The number of amides is 1. The van der Waals surface area contributed by atoms with Crippen molar-refractivity contribution < 1.29 is 19.4 Å². The van der Waals surface area contributed by atoms with Crippen molar-refractivity contribution in [1.29, 1.82) is 0 Å². The summed E-state index contributed by atoms with van der Waals surface area (Å²) < 4.78 is 5.23. The molecule has 20 heavy (non-hydrogen) atoms. The van der Waals surface area contributed by atoms with E-state index in [1.807, 2.05) is 0 Å². The Bertz CT molecular complexity index is 349. The van der Waals surface area contributed by atoms with E-state index in [9.17, 15) is 9.59 Å². The first-order chi connectivity index (χ1) is 9.62. The molecule has 2 N–H and O–H groups in total. The Hall–Kier alpha value is -1.14. The van der Waals surface area contributed by atoms with Crippen molar-refractivity contribution in [2.24, 2.45) is 5.41 Å². The number of carbonyl (C=O) groups excluding carboxylic acids is 1. The van der Waals surface area contributed by atoms with Crippen LogP contribution >= 0.6 is 0 Å². The fourth-order valence-electron chi connectivity index (χ4n) is 2.56. The highest BCUT2D eigenvalue weighted by Gasteiger charge is 2.49. The summed E-state index contributed by atoms with van der Waals surface area (Å²) in [5.41, 5.74) is -0.433. The zero-order valence-corrected chi connectivity index (χ0v) is 11.9. The molecule has 114 valence electrons. The molecule has 0 aromatic rings. The molecule has 0 spiro atoms. The topological polar surface area (TPSA) is 78.9 Å². The van der Waals surface area contributed by atoms with E-state index in [0.29, 0.717) is 26.3 Å². The van der Waals surface area contributed by atoms with Gasteiger partial charge < -0.3 is 15.2 Å². The van der Waals surface area contributed by atoms with E-state index >= 15 is 0 Å². The molecule has 1 amide bonds. The second-order valence-corrected chi connectivity index (χ2v) is 5.78. The molecule has 6 heteroatoms. The number of ether oxygens (including phenoxy) is 1. The molecule has 0 unspecified atom stereocenters. The number of unbranched alkanes of at least 4 members (excludes halogenated alkanes) is 1. The summed E-state index contributed by atoms with van der Waals surface area (Å²) in [5, 5.41) is 11.9. The average Bonchev–Trinajstić information content (AvgIpc) is 3.21. The van der Waals surface area contributed by atoms with Gasteiger partial charge in [-0.2, -0.15) is 0 Å². The van der Waals surface area contributed by atoms with Crippen LogP contribution in [0.1, 0.15) is 32.1 Å². The van der Waals surface area contributed by atoms with E-state index in [2.05, 4.69) is 10.2 Å². The smallest absolute Gasteiger partial charge is 0.309 e. The number of rotatable bonds is 8. The number of nitrogens with zero attached hydrogens (tertiary/aromatic N) is 1. The molecule has 1 saturated heterocycles. The Balaban J connectivity index is 1.50. The summed E-state index contributed by atoms with van der Waals surface area (Å²) in [6.45, 7) is 4.10. The summed E-state index contributed by atoms with van der Waals surface area (Å²) in [5.74, 6) is -0.611. The Morgan fingerprint density at radius 2 is 1.90 bits per heavy atom. The van der Waals surface area contributed by atoms with Gasteiger partial charge in [-0.25, -0.2) is 0 Å². The molecule has 1 aliphatic carbocycles. The van der Waals surface area contributed by atoms with Gasteiger partial charge in [0.15, 0.2) is 0 Å². The van der Waals surface area contributed by atoms with Crippen LogP contribution in [-0.2, 0) is 14.3 Å². The van der Waals surface area contributed by atoms with Crippen molar-refractivity contribution in [3.8, 4) is 0 Å². The number of nitrogens with one attached hydrogen (secondary N) is 1. The van der Waals surface area contributed by atoms with Crippen molar-refractivity contribution in [2.75, 3.05) is 39.4 Å². The van der Waals surface area contributed by atoms with Gasteiger partial charge in [0.2, 0.25) is 5.91 Å². The van der Waals surface area contributed by atoms with E-state index in [1.165, 1.54) is 0 Å². The first kappa shape index (κ1) is 15.3. The lowest BCUT2D eigenvalue weighted by Crippen LogP contribution is -2.43. The number of carboxylic acid groups (broad SMARTS) is 1. The maximum absolute atomic E-state index is 11.7. The van der Waals surface area contributed by atoms with Crippen molar-refractivity contribution >= 4 is 11.9 Å². The van der Waals surface area contributed by atoms with Gasteiger partial charge in [0.25, 0.3) is 0 Å². The lowest BCUT2D eigenvalue weighted by molar-refractivity contribution is -0.143. The second-order valence-electron chi connectivity index (χ2n) is 5.78. The van der Waals surface area contributed by atoms with Gasteiger partial charge >= 0.3 is 5.97 Å². The molecule has 1 saturated carbocycles. The van der Waals surface area contributed by atoms with Gasteiger partial charge in [0.1, 0.15) is 0 Å². The molecule has 6 nitrogen and oxygen atoms in total. The van der Waals surface area contributed by atoms with E-state index in [-0.39, 0.29) is 5.91 Å². The van der Waals surface area contributed by atoms with Gasteiger partial charge in [-0.3, -0.25) is 14.5 Å². The van der Waals surface area contributed by atoms with Gasteiger partial charge in [0, 0.05) is 19.6 Å². The van der Waals surface area contributed by atoms with Crippen LogP contribution in [0.25, 0.3) is 0 Å². The Kier molecular flexibility index (Phi) is 5.37. The third-order valence-electron chi connectivity index (χ3n) is 4.18. The average molecular weight is 284 g/mol. The molecule has 0 bridgehead atoms. The molecule has 0 radical (unpaired) electrons. The zero-order valence-electron chi connectivity index (χ0n) is 11.9. The van der Waals surface area contributed by atoms with Gasteiger partial charge in [-0.05, 0) is 25.7 Å². The van der Waals surface area contributed by atoms with Crippen molar-refractivity contribution in [1.82, 2.24) is 10.2 Å². The van der Waals surface area contributed by atoms with E-state index < -0.39 is 11.4 Å². The van der Waals surface area contributed by atoms with Crippen LogP contribution < -0.4 is 5.32 Å². The molecule has 1 aliphatic heterocycles. The zero-order chi connectivity index (χ0) is 14.4. The predicted octanol–water partition coefficient (Wildman–Crippen LogP) is 0.470. The summed E-state index contributed by atoms with van der Waals surface area (Å²) in [6, 6.07) is 0. The van der Waals surface area contributed by atoms with Gasteiger partial charge in [0.05, 0.1) is 25.2 Å². The summed E-state index contributed by atoms with van der Waals surface area (Å²) in [7, 11) is 0. The van der Waals surface area contributed by atoms with Crippen molar-refractivity contribution in [3.05, 3.63) is 0 Å². The first-order valence-corrected chi connectivity index (χ1v) is 7.43. The first-order valence-electron chi connectivity index (χ1n) is 7.43. The number of morpholine rings is 1. The highest BCUT2D eigenvalue weighted by Crippen LogP contribution is 2.49. The van der Waals surface area contributed by atoms with Crippen molar-refractivity contribution in [3.63, 3.8) is 0 Å². The molecule has 1 heterocycles. The number of carbonyl (C=O) groups is 2. The minimum atomic E-state index is -0.658. The molecule has 0 aromatic heterocycles. The fraction of sp³-hybridized carbons (Fsp3) is 0.857. The number of carboxylic acids is 1. The molecular formula is C14H24N2O4. The largest absolute Gasteiger partial charge is 0.481 e. The maximum Gasteiger partial charge on any atom is 0.309 e. The third kappa shape index (κ3) is 4.45. The Labute approximate surface area is 119 Å². The van der Waals surface area contributed by atoms with Gasteiger partial charge in [-0.1, -0.05) is 6.42 Å². The monoisotopic (exact) mass is 284 g/mol. The lowest BCUT2D eigenvalue weighted by atomic mass is 9.99. The predicted molar refractivity (Wildman–Crippen MR) is 73.4 cm³/mol. The summed E-state index contributed by atoms with van der Waals surface area (Å²) in [4.78, 5) is 24.8. The molecule has 2 aliphatic rings. The van der Waals surface area contributed by atoms with Crippen LogP contribution in [0.5, 0.6) is 0 Å². The quantitative estimate of drug-likeness (QED) is 0.633. The summed E-state index contributed by atoms with van der Waals surface area (Å²) >= 11 is 0. The van der Waals surface area contributed by atoms with E-state index in [0.717, 1.165) is 45.2 Å². The standard InChI is InChI=1S/C14H24N2O4/c17-12(11-16-7-9-20-10-8-16)15-6-2-1-3-14(4-5-14)13(18)19/h1-11H2,(H,15,17)(H,18,19). The molecular weight excluding hydrogens is 260 g/mol. The lowest BCUT2D eigenvalue weighted by Gasteiger charge is -2.25. The highest BCUT2D eigenvalue weighted by atomic mass is 16.5. The SMILES string of the molecule is O=C(CN1CCOCC1)NCCCCC1(C(=O)O)CC1. The van der Waals surface area contributed by atoms with Crippen LogP contribution in [0.15, 0.2) is 0 Å². The number of aliphatic carboxylic acids is 1. The van der Waals surface area contributed by atoms with E-state index in [4.69, 9.17) is 9.84 Å². The molecule has 2 rings (SSSR count). The Morgan fingerprint density at radius 3 is 2.50 bits per heavy atom. The molecule has 2 fully saturated rings. The van der Waals surface area contributed by atoms with Crippen molar-refractivity contribution in [2.45, 2.75) is 32.1 Å². The minimum absolute atomic E-state index is 0.0475. The van der Waals surface area contributed by atoms with Crippen LogP contribution in [0.3, 0.4) is 0 Å². The minimum Gasteiger partial charge on any atom is -0.481 e. The number of hydrogen-bond donors (Lipinski definition) is 2. The highest BCUT2D eigenvalue weighted by molar-refractivity contribution is 5.78. The van der Waals surface area contributed by atoms with Crippen LogP contribution in [-0.4, -0.2) is 61.3 Å². The maximum atomic E-state index is 11.7.